The lowest BCUT2D eigenvalue weighted by Gasteiger charge is -2.03. The Morgan fingerprint density at radius 3 is 2.38 bits per heavy atom. The largest absolute Gasteiger partial charge is 0.612 e. The van der Waals surface area contributed by atoms with Gasteiger partial charge in [0, 0.05) is 5.56 Å². The fraction of sp³-hybridized carbons (Fsp3) is 0.222. The molecule has 0 amide bonds. The minimum atomic E-state index is -0.975. The molecule has 1 rings (SSSR count). The molecule has 0 radical (unpaired) electrons. The van der Waals surface area contributed by atoms with Crippen molar-refractivity contribution in [2.24, 2.45) is 0 Å². The normalized spacial score (nSPS) is 12.5. The molecule has 0 aliphatic heterocycles. The molecule has 0 N–H and O–H groups in total. The van der Waals surface area contributed by atoms with Gasteiger partial charge in [-0.3, -0.25) is 4.79 Å². The highest BCUT2D eigenvalue weighted by Crippen LogP contribution is 2.11. The lowest BCUT2D eigenvalue weighted by molar-refractivity contribution is 0.102. The highest BCUT2D eigenvalue weighted by Gasteiger charge is 2.06. The number of halogens is 1. The summed E-state index contributed by atoms with van der Waals surface area (Å²) in [5.41, 5.74) is 0.645. The van der Waals surface area contributed by atoms with Gasteiger partial charge in [0.05, 0.1) is 5.33 Å². The van der Waals surface area contributed by atoms with Gasteiger partial charge in [-0.05, 0) is 35.4 Å². The van der Waals surface area contributed by atoms with Crippen molar-refractivity contribution in [1.29, 1.82) is 0 Å². The van der Waals surface area contributed by atoms with Crippen molar-refractivity contribution in [3.8, 4) is 0 Å². The molecular formula is C9H9BrO2S. The number of hydrogen-bond acceptors (Lipinski definition) is 2. The van der Waals surface area contributed by atoms with Crippen LogP contribution in [0.15, 0.2) is 29.2 Å². The number of hydrogen-bond donors (Lipinski definition) is 0. The smallest absolute Gasteiger partial charge is 0.173 e. The first-order chi connectivity index (χ1) is 6.15. The maximum absolute atomic E-state index is 11.2. The van der Waals surface area contributed by atoms with Gasteiger partial charge in [-0.15, -0.1) is 0 Å². The maximum atomic E-state index is 11.2. The molecule has 0 spiro atoms. The summed E-state index contributed by atoms with van der Waals surface area (Å²) in [6.07, 6.45) is 1.61. The molecule has 4 heteroatoms. The number of rotatable bonds is 3. The van der Waals surface area contributed by atoms with Crippen molar-refractivity contribution < 1.29 is 9.35 Å². The molecule has 0 bridgehead atoms. The van der Waals surface area contributed by atoms with E-state index in [2.05, 4.69) is 15.9 Å². The molecule has 70 valence electrons. The van der Waals surface area contributed by atoms with Gasteiger partial charge in [0.15, 0.2) is 10.7 Å². The molecule has 1 aromatic carbocycles. The van der Waals surface area contributed by atoms with Crippen molar-refractivity contribution >= 4 is 32.9 Å². The predicted molar refractivity (Wildman–Crippen MR) is 56.9 cm³/mol. The molecule has 13 heavy (non-hydrogen) atoms. The summed E-state index contributed by atoms with van der Waals surface area (Å²) in [7, 11) is 0. The molecule has 0 saturated heterocycles. The Hall–Kier alpha value is -0.320. The number of alkyl halides is 1. The zero-order valence-corrected chi connectivity index (χ0v) is 9.52. The first-order valence-electron chi connectivity index (χ1n) is 3.68. The third-order valence-corrected chi connectivity index (χ3v) is 3.07. The first kappa shape index (κ1) is 10.8. The van der Waals surface area contributed by atoms with Gasteiger partial charge in [0.2, 0.25) is 0 Å². The van der Waals surface area contributed by atoms with Crippen LogP contribution in [0.25, 0.3) is 0 Å². The van der Waals surface area contributed by atoms with E-state index >= 15 is 0 Å². The van der Waals surface area contributed by atoms with E-state index in [-0.39, 0.29) is 5.78 Å². The molecule has 0 fully saturated rings. The molecule has 2 nitrogen and oxygen atoms in total. The van der Waals surface area contributed by atoms with Gasteiger partial charge in [-0.25, -0.2) is 0 Å². The van der Waals surface area contributed by atoms with Crippen LogP contribution in [0, 0.1) is 0 Å². The molecular weight excluding hydrogens is 252 g/mol. The third kappa shape index (κ3) is 2.83. The average Bonchev–Trinajstić information content (AvgIpc) is 2.17. The van der Waals surface area contributed by atoms with Crippen LogP contribution >= 0.6 is 15.9 Å². The van der Waals surface area contributed by atoms with Crippen LogP contribution in [0.4, 0.5) is 0 Å². The SMILES string of the molecule is C[S+]([O-])c1ccc(C(=O)CBr)cc1. The molecule has 0 aliphatic carbocycles. The van der Waals surface area contributed by atoms with Gasteiger partial charge in [-0.1, -0.05) is 15.9 Å². The number of benzene rings is 1. The monoisotopic (exact) mass is 260 g/mol. The fourth-order valence-corrected chi connectivity index (χ4v) is 1.75. The Morgan fingerprint density at radius 1 is 1.46 bits per heavy atom. The number of carbonyl (C=O) groups is 1. The second kappa shape index (κ2) is 4.79. The lowest BCUT2D eigenvalue weighted by atomic mass is 10.2. The van der Waals surface area contributed by atoms with Crippen LogP contribution in [0.5, 0.6) is 0 Å². The molecule has 1 aromatic rings. The van der Waals surface area contributed by atoms with Crippen molar-refractivity contribution in [3.05, 3.63) is 29.8 Å². The van der Waals surface area contributed by atoms with Gasteiger partial charge >= 0.3 is 0 Å². The Bertz CT molecular complexity index is 295. The summed E-state index contributed by atoms with van der Waals surface area (Å²) in [6.45, 7) is 0. The van der Waals surface area contributed by atoms with Crippen LogP contribution in [0.2, 0.25) is 0 Å². The van der Waals surface area contributed by atoms with E-state index < -0.39 is 11.2 Å². The second-order valence-electron chi connectivity index (χ2n) is 2.54. The summed E-state index contributed by atoms with van der Waals surface area (Å²) in [5.74, 6) is 0.0356. The van der Waals surface area contributed by atoms with E-state index in [0.717, 1.165) is 4.90 Å². The highest BCUT2D eigenvalue weighted by atomic mass is 79.9. The van der Waals surface area contributed by atoms with E-state index in [4.69, 9.17) is 0 Å². The van der Waals surface area contributed by atoms with Gasteiger partial charge in [0.25, 0.3) is 0 Å². The van der Waals surface area contributed by atoms with E-state index in [0.29, 0.717) is 10.9 Å². The second-order valence-corrected chi connectivity index (χ2v) is 4.48. The Balaban J connectivity index is 2.87. The Labute approximate surface area is 88.6 Å². The highest BCUT2D eigenvalue weighted by molar-refractivity contribution is 9.09. The van der Waals surface area contributed by atoms with Gasteiger partial charge < -0.3 is 4.55 Å². The third-order valence-electron chi connectivity index (χ3n) is 1.63. The summed E-state index contributed by atoms with van der Waals surface area (Å²) >= 11 is 2.11. The van der Waals surface area contributed by atoms with Crippen LogP contribution in [-0.2, 0) is 11.2 Å². The van der Waals surface area contributed by atoms with Gasteiger partial charge in [-0.2, -0.15) is 0 Å². The minimum absolute atomic E-state index is 0.0356. The quantitative estimate of drug-likeness (QED) is 0.474. The summed E-state index contributed by atoms with van der Waals surface area (Å²) in [5, 5.41) is 0.321. The number of Topliss-reactive ketones (excluding diaryl/α,β-unsaturated/α-hetero) is 1. The first-order valence-corrected chi connectivity index (χ1v) is 6.35. The van der Waals surface area contributed by atoms with E-state index in [1.165, 1.54) is 0 Å². The average molecular weight is 261 g/mol. The van der Waals surface area contributed by atoms with Crippen molar-refractivity contribution in [2.75, 3.05) is 11.6 Å². The minimum Gasteiger partial charge on any atom is -0.612 e. The van der Waals surface area contributed by atoms with Crippen molar-refractivity contribution in [2.45, 2.75) is 4.90 Å². The van der Waals surface area contributed by atoms with Crippen LogP contribution in [0.1, 0.15) is 10.4 Å². The molecule has 1 atom stereocenters. The molecule has 0 saturated carbocycles. The lowest BCUT2D eigenvalue weighted by Crippen LogP contribution is -2.01. The maximum Gasteiger partial charge on any atom is 0.173 e. The number of ketones is 1. The van der Waals surface area contributed by atoms with Crippen LogP contribution < -0.4 is 0 Å². The Morgan fingerprint density at radius 2 is 2.00 bits per heavy atom. The van der Waals surface area contributed by atoms with E-state index in [1.807, 2.05) is 0 Å². The molecule has 0 heterocycles. The standard InChI is InChI=1S/C9H9BrO2S/c1-13(12)8-4-2-7(3-5-8)9(11)6-10/h2-5H,6H2,1H3. The van der Waals surface area contributed by atoms with E-state index in [1.54, 1.807) is 30.5 Å². The van der Waals surface area contributed by atoms with Crippen molar-refractivity contribution in [1.82, 2.24) is 0 Å². The summed E-state index contributed by atoms with van der Waals surface area (Å²) < 4.78 is 11.0. The topological polar surface area (TPSA) is 40.1 Å². The van der Waals surface area contributed by atoms with Crippen LogP contribution in [-0.4, -0.2) is 21.9 Å². The predicted octanol–water partition coefficient (Wildman–Crippen LogP) is 2.00. The zero-order chi connectivity index (χ0) is 9.84. The summed E-state index contributed by atoms with van der Waals surface area (Å²) in [4.78, 5) is 11.9. The van der Waals surface area contributed by atoms with Gasteiger partial charge in [0.1, 0.15) is 6.26 Å². The Kier molecular flexibility index (Phi) is 3.96. The zero-order valence-electron chi connectivity index (χ0n) is 7.12. The number of carbonyl (C=O) groups excluding carboxylic acids is 1. The molecule has 0 aromatic heterocycles. The summed E-state index contributed by atoms with van der Waals surface area (Å²) in [6, 6.07) is 6.82. The molecule has 0 aliphatic rings. The van der Waals surface area contributed by atoms with Crippen molar-refractivity contribution in [3.63, 3.8) is 0 Å². The fourth-order valence-electron chi connectivity index (χ4n) is 0.910. The van der Waals surface area contributed by atoms with Crippen LogP contribution in [0.3, 0.4) is 0 Å². The molecule has 1 unspecified atom stereocenters. The van der Waals surface area contributed by atoms with E-state index in [9.17, 15) is 9.35 Å².